The molecule has 2 heteroatoms. The Morgan fingerprint density at radius 3 is 0.853 bits per heavy atom. The van der Waals surface area contributed by atoms with Crippen molar-refractivity contribution in [2.75, 3.05) is 9.80 Å². The fraction of sp³-hybridized carbons (Fsp3) is 0.182. The minimum atomic E-state index is -0.274. The van der Waals surface area contributed by atoms with Crippen molar-refractivity contribution in [1.82, 2.24) is 0 Å². The lowest BCUT2D eigenvalue weighted by Gasteiger charge is -2.50. The molecule has 0 aliphatic carbocycles. The number of benzene rings is 9. The number of fused-ring (bicyclic) bond motifs is 8. The van der Waals surface area contributed by atoms with Gasteiger partial charge in [0, 0.05) is 21.7 Å². The van der Waals surface area contributed by atoms with Gasteiger partial charge in [0.15, 0.2) is 0 Å². The Labute approximate surface area is 402 Å². The summed E-state index contributed by atoms with van der Waals surface area (Å²) in [6.45, 7) is 19.4. The maximum Gasteiger partial charge on any atom is 0.0544 e. The molecule has 0 spiro atoms. The zero-order valence-electron chi connectivity index (χ0n) is 40.4. The van der Waals surface area contributed by atoms with Crippen molar-refractivity contribution in [3.05, 3.63) is 239 Å². The van der Waals surface area contributed by atoms with E-state index in [1.165, 1.54) is 123 Å². The SMILES string of the molecule is CC1(C)c2ccccc2N2c3ccccc3C(C)(C)c3cc(-c4ccc(-c5cc6c7c(c5)C(C)(C)c5cc(-c8ccccc8)ccc5N7c5ccc(-c7ccccc7)cc5C6(C)C)cc4)cc1c32. The molecule has 0 N–H and O–H groups in total. The molecule has 0 aromatic heterocycles. The number of hydrogen-bond acceptors (Lipinski definition) is 2. The molecule has 0 fully saturated rings. The first-order valence-corrected chi connectivity index (χ1v) is 24.4. The van der Waals surface area contributed by atoms with Crippen LogP contribution in [0.15, 0.2) is 194 Å². The van der Waals surface area contributed by atoms with Crippen molar-refractivity contribution in [2.24, 2.45) is 0 Å². The van der Waals surface area contributed by atoms with Gasteiger partial charge in [0.25, 0.3) is 0 Å². The third kappa shape index (κ3) is 5.58. The Morgan fingerprint density at radius 1 is 0.221 bits per heavy atom. The molecule has 2 nitrogen and oxygen atoms in total. The maximum absolute atomic E-state index is 2.59. The molecule has 0 amide bonds. The highest BCUT2D eigenvalue weighted by Crippen LogP contribution is 2.63. The summed E-state index contributed by atoms with van der Waals surface area (Å²) in [5.74, 6) is 0. The molecular weight excluding hydrogens is 821 g/mol. The largest absolute Gasteiger partial charge is 0.309 e. The van der Waals surface area contributed by atoms with E-state index in [-0.39, 0.29) is 21.7 Å². The molecule has 0 atom stereocenters. The second kappa shape index (κ2) is 14.1. The van der Waals surface area contributed by atoms with Crippen LogP contribution in [0.3, 0.4) is 0 Å². The first-order chi connectivity index (χ1) is 32.7. The predicted octanol–water partition coefficient (Wildman–Crippen LogP) is 17.9. The first-order valence-electron chi connectivity index (χ1n) is 24.4. The summed E-state index contributed by atoms with van der Waals surface area (Å²) < 4.78 is 0. The Hall–Kier alpha value is -7.42. The van der Waals surface area contributed by atoms with Gasteiger partial charge in [-0.05, 0) is 150 Å². The van der Waals surface area contributed by atoms with Crippen LogP contribution in [0, 0.1) is 0 Å². The number of rotatable bonds is 4. The van der Waals surface area contributed by atoms with Gasteiger partial charge in [-0.2, -0.15) is 0 Å². The van der Waals surface area contributed by atoms with Crippen LogP contribution in [0.5, 0.6) is 0 Å². The van der Waals surface area contributed by atoms with E-state index in [4.69, 9.17) is 0 Å². The third-order valence-electron chi connectivity index (χ3n) is 16.6. The Balaban J connectivity index is 0.976. The summed E-state index contributed by atoms with van der Waals surface area (Å²) in [6.07, 6.45) is 0. The molecule has 68 heavy (non-hydrogen) atoms. The molecule has 330 valence electrons. The van der Waals surface area contributed by atoms with Gasteiger partial charge < -0.3 is 9.80 Å². The predicted molar refractivity (Wildman–Crippen MR) is 286 cm³/mol. The standard InChI is InChI=1S/C66H56N2/c1-63(2)49-23-15-17-25-57(49)67-58-26-18-16-24-50(58)64(3,4)54-38-47(37-53(63)61(54)67)43-27-29-44(30-28-43)48-39-55-62-56(40-48)66(7,8)52-36-46(42-21-13-10-14-22-42)32-34-60(52)68(62)59-33-31-45(35-51(59)65(55,5)6)41-19-11-9-12-20-41/h9-40H,1-8H3. The molecule has 9 aromatic rings. The fourth-order valence-corrected chi connectivity index (χ4v) is 12.6. The highest BCUT2D eigenvalue weighted by Gasteiger charge is 2.48. The quantitative estimate of drug-likeness (QED) is 0.174. The highest BCUT2D eigenvalue weighted by atomic mass is 15.2. The van der Waals surface area contributed by atoms with Crippen LogP contribution < -0.4 is 9.80 Å². The van der Waals surface area contributed by atoms with Gasteiger partial charge in [-0.25, -0.2) is 0 Å². The van der Waals surface area contributed by atoms with Gasteiger partial charge in [-0.15, -0.1) is 0 Å². The van der Waals surface area contributed by atoms with Gasteiger partial charge in [0.1, 0.15) is 0 Å². The molecule has 4 aliphatic rings. The normalized spacial score (nSPS) is 16.6. The number of anilines is 6. The highest BCUT2D eigenvalue weighted by molar-refractivity contribution is 5.97. The van der Waals surface area contributed by atoms with Crippen molar-refractivity contribution < 1.29 is 0 Å². The van der Waals surface area contributed by atoms with E-state index in [0.717, 1.165) is 0 Å². The monoisotopic (exact) mass is 876 g/mol. The average molecular weight is 877 g/mol. The lowest BCUT2D eigenvalue weighted by Crippen LogP contribution is -2.38. The fourth-order valence-electron chi connectivity index (χ4n) is 12.6. The van der Waals surface area contributed by atoms with E-state index < -0.39 is 0 Å². The van der Waals surface area contributed by atoms with Gasteiger partial charge in [-0.1, -0.05) is 189 Å². The molecule has 9 aromatic carbocycles. The van der Waals surface area contributed by atoms with E-state index in [0.29, 0.717) is 0 Å². The zero-order chi connectivity index (χ0) is 46.5. The summed E-state index contributed by atoms with van der Waals surface area (Å²) >= 11 is 0. The maximum atomic E-state index is 2.59. The minimum absolute atomic E-state index is 0.186. The molecule has 13 rings (SSSR count). The molecule has 0 radical (unpaired) electrons. The molecule has 0 unspecified atom stereocenters. The second-order valence-corrected chi connectivity index (χ2v) is 21.8. The molecule has 0 saturated carbocycles. The van der Waals surface area contributed by atoms with Crippen LogP contribution in [0.2, 0.25) is 0 Å². The van der Waals surface area contributed by atoms with E-state index in [1.54, 1.807) is 0 Å². The Morgan fingerprint density at radius 2 is 0.485 bits per heavy atom. The Bertz CT molecular complexity index is 3350. The first kappa shape index (κ1) is 40.8. The zero-order valence-corrected chi connectivity index (χ0v) is 40.4. The van der Waals surface area contributed by atoms with Crippen molar-refractivity contribution in [1.29, 1.82) is 0 Å². The van der Waals surface area contributed by atoms with Crippen LogP contribution in [0.4, 0.5) is 34.1 Å². The van der Waals surface area contributed by atoms with Crippen LogP contribution in [0.25, 0.3) is 44.5 Å². The second-order valence-electron chi connectivity index (χ2n) is 21.8. The van der Waals surface area contributed by atoms with Crippen molar-refractivity contribution in [3.8, 4) is 44.5 Å². The lowest BCUT2D eigenvalue weighted by molar-refractivity contribution is 0.597. The summed E-state index contributed by atoms with van der Waals surface area (Å²) in [7, 11) is 0. The molecule has 0 saturated heterocycles. The van der Waals surface area contributed by atoms with Gasteiger partial charge in [0.05, 0.1) is 34.1 Å². The average Bonchev–Trinajstić information content (AvgIpc) is 3.36. The number of para-hydroxylation sites is 2. The number of hydrogen-bond donors (Lipinski definition) is 0. The summed E-state index contributed by atoms with van der Waals surface area (Å²) in [5, 5.41) is 0. The van der Waals surface area contributed by atoms with Crippen LogP contribution in [-0.2, 0) is 21.7 Å². The van der Waals surface area contributed by atoms with E-state index in [9.17, 15) is 0 Å². The molecule has 4 heterocycles. The van der Waals surface area contributed by atoms with Gasteiger partial charge >= 0.3 is 0 Å². The summed E-state index contributed by atoms with van der Waals surface area (Å²) in [4.78, 5) is 5.14. The smallest absolute Gasteiger partial charge is 0.0544 e. The molecule has 4 aliphatic heterocycles. The van der Waals surface area contributed by atoms with E-state index >= 15 is 0 Å². The number of nitrogens with zero attached hydrogens (tertiary/aromatic N) is 2. The van der Waals surface area contributed by atoms with Gasteiger partial charge in [-0.3, -0.25) is 0 Å². The third-order valence-corrected chi connectivity index (χ3v) is 16.6. The Kier molecular flexibility index (Phi) is 8.44. The van der Waals surface area contributed by atoms with Crippen LogP contribution >= 0.6 is 0 Å². The summed E-state index contributed by atoms with van der Waals surface area (Å²) in [5.41, 5.74) is 27.7. The topological polar surface area (TPSA) is 6.48 Å². The molecular formula is C66H56N2. The van der Waals surface area contributed by atoms with Gasteiger partial charge in [0.2, 0.25) is 0 Å². The van der Waals surface area contributed by atoms with E-state index in [1.807, 2.05) is 0 Å². The van der Waals surface area contributed by atoms with Crippen LogP contribution in [-0.4, -0.2) is 0 Å². The van der Waals surface area contributed by atoms with Crippen molar-refractivity contribution in [3.63, 3.8) is 0 Å². The van der Waals surface area contributed by atoms with E-state index in [2.05, 4.69) is 259 Å². The lowest BCUT2D eigenvalue weighted by atomic mass is 9.65. The molecule has 0 bridgehead atoms. The summed E-state index contributed by atoms with van der Waals surface area (Å²) in [6, 6.07) is 73.5. The minimum Gasteiger partial charge on any atom is -0.309 e. The van der Waals surface area contributed by atoms with Crippen LogP contribution in [0.1, 0.15) is 99.9 Å². The van der Waals surface area contributed by atoms with Crippen molar-refractivity contribution in [2.45, 2.75) is 77.0 Å². The van der Waals surface area contributed by atoms with Crippen molar-refractivity contribution >= 4 is 34.1 Å².